The molecule has 2 heterocycles. The molecule has 128 valence electrons. The summed E-state index contributed by atoms with van der Waals surface area (Å²) in [5, 5.41) is 4.27. The highest BCUT2D eigenvalue weighted by Crippen LogP contribution is 2.29. The van der Waals surface area contributed by atoms with Crippen molar-refractivity contribution < 1.29 is 9.53 Å². The maximum Gasteiger partial charge on any atom is 0.322 e. The van der Waals surface area contributed by atoms with Crippen LogP contribution < -0.4 is 10.1 Å². The maximum atomic E-state index is 12.8. The zero-order chi connectivity index (χ0) is 17.4. The second kappa shape index (κ2) is 6.16. The molecule has 3 aromatic rings. The third kappa shape index (κ3) is 2.71. The monoisotopic (exact) mass is 335 g/mol. The first kappa shape index (κ1) is 15.6. The Morgan fingerprint density at radius 3 is 2.80 bits per heavy atom. The third-order valence-corrected chi connectivity index (χ3v) is 4.83. The number of aryl methyl sites for hydroxylation is 1. The SMILES string of the molecule is COc1ccccc1NC(=O)N1CCc2cn(C)c3cccc(c23)C1. The molecule has 1 aliphatic heterocycles. The minimum Gasteiger partial charge on any atom is -0.495 e. The van der Waals surface area contributed by atoms with E-state index in [1.54, 1.807) is 7.11 Å². The smallest absolute Gasteiger partial charge is 0.322 e. The molecular weight excluding hydrogens is 314 g/mol. The van der Waals surface area contributed by atoms with Gasteiger partial charge in [0.1, 0.15) is 5.75 Å². The van der Waals surface area contributed by atoms with Crippen LogP contribution in [0.2, 0.25) is 0 Å². The zero-order valence-corrected chi connectivity index (χ0v) is 14.5. The molecule has 0 fully saturated rings. The number of methoxy groups -OCH3 is 1. The van der Waals surface area contributed by atoms with E-state index in [2.05, 4.69) is 41.3 Å². The Morgan fingerprint density at radius 1 is 1.12 bits per heavy atom. The highest BCUT2D eigenvalue weighted by Gasteiger charge is 2.22. The minimum absolute atomic E-state index is 0.101. The number of rotatable bonds is 2. The van der Waals surface area contributed by atoms with Crippen LogP contribution in [0.25, 0.3) is 10.9 Å². The van der Waals surface area contributed by atoms with Crippen molar-refractivity contribution in [3.8, 4) is 5.75 Å². The molecular formula is C20H21N3O2. The van der Waals surface area contributed by atoms with Crippen molar-refractivity contribution in [2.24, 2.45) is 7.05 Å². The van der Waals surface area contributed by atoms with Crippen LogP contribution in [0, 0.1) is 0 Å². The Morgan fingerprint density at radius 2 is 1.96 bits per heavy atom. The Kier molecular flexibility index (Phi) is 3.84. The van der Waals surface area contributed by atoms with Gasteiger partial charge in [0.2, 0.25) is 0 Å². The molecule has 5 heteroatoms. The van der Waals surface area contributed by atoms with Crippen LogP contribution in [0.1, 0.15) is 11.1 Å². The number of ether oxygens (including phenoxy) is 1. The van der Waals surface area contributed by atoms with Gasteiger partial charge in [0, 0.05) is 37.2 Å². The Bertz CT molecular complexity index is 945. The normalized spacial score (nSPS) is 13.6. The van der Waals surface area contributed by atoms with E-state index in [0.29, 0.717) is 24.5 Å². The number of carbonyl (C=O) groups is 1. The molecule has 2 aromatic carbocycles. The van der Waals surface area contributed by atoms with Gasteiger partial charge in [0.25, 0.3) is 0 Å². The fourth-order valence-corrected chi connectivity index (χ4v) is 3.60. The highest BCUT2D eigenvalue weighted by molar-refractivity contribution is 5.92. The van der Waals surface area contributed by atoms with E-state index >= 15 is 0 Å². The summed E-state index contributed by atoms with van der Waals surface area (Å²) in [6, 6.07) is 13.7. The lowest BCUT2D eigenvalue weighted by Gasteiger charge is -2.22. The van der Waals surface area contributed by atoms with Crippen LogP contribution in [0.3, 0.4) is 0 Å². The number of para-hydroxylation sites is 2. The molecule has 0 bridgehead atoms. The quantitative estimate of drug-likeness (QED) is 0.775. The first-order valence-corrected chi connectivity index (χ1v) is 8.42. The number of anilines is 1. The number of nitrogens with zero attached hydrogens (tertiary/aromatic N) is 2. The van der Waals surface area contributed by atoms with Crippen molar-refractivity contribution in [1.82, 2.24) is 9.47 Å². The van der Waals surface area contributed by atoms with Crippen LogP contribution in [0.15, 0.2) is 48.7 Å². The maximum absolute atomic E-state index is 12.8. The van der Waals surface area contributed by atoms with Gasteiger partial charge in [-0.1, -0.05) is 24.3 Å². The van der Waals surface area contributed by atoms with E-state index in [0.717, 1.165) is 6.42 Å². The summed E-state index contributed by atoms with van der Waals surface area (Å²) in [6.07, 6.45) is 3.03. The summed E-state index contributed by atoms with van der Waals surface area (Å²) >= 11 is 0. The fourth-order valence-electron chi connectivity index (χ4n) is 3.60. The average Bonchev–Trinajstić information content (AvgIpc) is 2.84. The lowest BCUT2D eigenvalue weighted by atomic mass is 10.1. The molecule has 4 rings (SSSR count). The standard InChI is InChI=1S/C20H21N3O2/c1-22-12-15-10-11-23(13-14-6-5-8-17(22)19(14)15)20(24)21-16-7-3-4-9-18(16)25-2/h3-9,12H,10-11,13H2,1-2H3,(H,21,24). The number of hydrogen-bond acceptors (Lipinski definition) is 2. The van der Waals surface area contributed by atoms with Crippen molar-refractivity contribution >= 4 is 22.6 Å². The van der Waals surface area contributed by atoms with Gasteiger partial charge in [0.15, 0.2) is 0 Å². The van der Waals surface area contributed by atoms with E-state index in [1.165, 1.54) is 22.0 Å². The molecule has 0 saturated heterocycles. The van der Waals surface area contributed by atoms with E-state index in [1.807, 2.05) is 29.2 Å². The van der Waals surface area contributed by atoms with Gasteiger partial charge >= 0.3 is 6.03 Å². The van der Waals surface area contributed by atoms with Crippen LogP contribution in [-0.2, 0) is 20.0 Å². The Hall–Kier alpha value is -2.95. The molecule has 1 aromatic heterocycles. The summed E-state index contributed by atoms with van der Waals surface area (Å²) in [5.41, 5.74) is 4.41. The van der Waals surface area contributed by atoms with Crippen LogP contribution >= 0.6 is 0 Å². The van der Waals surface area contributed by atoms with Gasteiger partial charge in [-0.3, -0.25) is 0 Å². The minimum atomic E-state index is -0.101. The largest absolute Gasteiger partial charge is 0.495 e. The van der Waals surface area contributed by atoms with Crippen LogP contribution in [-0.4, -0.2) is 29.2 Å². The van der Waals surface area contributed by atoms with Crippen LogP contribution in [0.5, 0.6) is 5.75 Å². The number of benzene rings is 2. The molecule has 0 saturated carbocycles. The number of nitrogens with one attached hydrogen (secondary N) is 1. The van der Waals surface area contributed by atoms with E-state index in [-0.39, 0.29) is 6.03 Å². The lowest BCUT2D eigenvalue weighted by molar-refractivity contribution is 0.210. The van der Waals surface area contributed by atoms with Crippen LogP contribution in [0.4, 0.5) is 10.5 Å². The number of amides is 2. The van der Waals surface area contributed by atoms with Gasteiger partial charge in [-0.25, -0.2) is 4.79 Å². The molecule has 0 atom stereocenters. The van der Waals surface area contributed by atoms with Crippen molar-refractivity contribution in [3.63, 3.8) is 0 Å². The number of urea groups is 1. The molecule has 0 radical (unpaired) electrons. The molecule has 5 nitrogen and oxygen atoms in total. The van der Waals surface area contributed by atoms with Crippen molar-refractivity contribution in [3.05, 3.63) is 59.8 Å². The summed E-state index contributed by atoms with van der Waals surface area (Å²) in [6.45, 7) is 1.30. The fraction of sp³-hybridized carbons (Fsp3) is 0.250. The Balaban J connectivity index is 1.61. The highest BCUT2D eigenvalue weighted by atomic mass is 16.5. The topological polar surface area (TPSA) is 46.5 Å². The number of aromatic nitrogens is 1. The van der Waals surface area contributed by atoms with Gasteiger partial charge in [0.05, 0.1) is 12.8 Å². The summed E-state index contributed by atoms with van der Waals surface area (Å²) in [5.74, 6) is 0.664. The van der Waals surface area contributed by atoms with Crippen molar-refractivity contribution in [2.45, 2.75) is 13.0 Å². The molecule has 1 aliphatic rings. The van der Waals surface area contributed by atoms with Crippen molar-refractivity contribution in [2.75, 3.05) is 19.0 Å². The zero-order valence-electron chi connectivity index (χ0n) is 14.5. The Labute approximate surface area is 146 Å². The summed E-state index contributed by atoms with van der Waals surface area (Å²) in [4.78, 5) is 14.7. The van der Waals surface area contributed by atoms with E-state index in [4.69, 9.17) is 4.74 Å². The van der Waals surface area contributed by atoms with Gasteiger partial charge in [-0.05, 0) is 35.7 Å². The molecule has 0 aliphatic carbocycles. The average molecular weight is 335 g/mol. The first-order chi connectivity index (χ1) is 12.2. The molecule has 1 N–H and O–H groups in total. The van der Waals surface area contributed by atoms with Crippen molar-refractivity contribution in [1.29, 1.82) is 0 Å². The van der Waals surface area contributed by atoms with Gasteiger partial charge in [-0.2, -0.15) is 0 Å². The first-order valence-electron chi connectivity index (χ1n) is 8.42. The number of carbonyl (C=O) groups excluding carboxylic acids is 1. The third-order valence-electron chi connectivity index (χ3n) is 4.83. The second-order valence-corrected chi connectivity index (χ2v) is 6.38. The summed E-state index contributed by atoms with van der Waals surface area (Å²) in [7, 11) is 3.68. The summed E-state index contributed by atoms with van der Waals surface area (Å²) < 4.78 is 7.49. The second-order valence-electron chi connectivity index (χ2n) is 6.38. The lowest BCUT2D eigenvalue weighted by Crippen LogP contribution is -2.35. The molecule has 0 spiro atoms. The van der Waals surface area contributed by atoms with Gasteiger partial charge < -0.3 is 19.5 Å². The van der Waals surface area contributed by atoms with E-state index in [9.17, 15) is 4.79 Å². The predicted molar refractivity (Wildman–Crippen MR) is 99.0 cm³/mol. The molecule has 25 heavy (non-hydrogen) atoms. The van der Waals surface area contributed by atoms with Gasteiger partial charge in [-0.15, -0.1) is 0 Å². The predicted octanol–water partition coefficient (Wildman–Crippen LogP) is 3.78. The number of hydrogen-bond donors (Lipinski definition) is 1. The van der Waals surface area contributed by atoms with E-state index < -0.39 is 0 Å². The molecule has 2 amide bonds. The molecule has 0 unspecified atom stereocenters.